The Morgan fingerprint density at radius 2 is 1.84 bits per heavy atom. The molecule has 2 fully saturated rings. The standard InChI is InChI=1S/C27H37N3O2/c1-22-10-11-25(28-20-22)29-24-12-17-30(18-13-24)19-16-27(14-6-3-7-15-27)26(31)32-21-23-8-4-2-5-9-23/h2,4-5,8-11,20,24H,3,6-7,12-19,21H2,1H3,(H,28,29). The van der Waals surface area contributed by atoms with E-state index in [2.05, 4.69) is 34.3 Å². The molecule has 0 amide bonds. The van der Waals surface area contributed by atoms with Crippen molar-refractivity contribution in [2.45, 2.75) is 70.9 Å². The van der Waals surface area contributed by atoms with Crippen molar-refractivity contribution in [1.29, 1.82) is 0 Å². The zero-order valence-corrected chi connectivity index (χ0v) is 19.4. The SMILES string of the molecule is Cc1ccc(NC2CCN(CCC3(C(=O)OCc4ccccc4)CCCCC3)CC2)nc1. The van der Waals surface area contributed by atoms with E-state index in [4.69, 9.17) is 4.74 Å². The van der Waals surface area contributed by atoms with Crippen molar-refractivity contribution in [2.24, 2.45) is 5.41 Å². The molecule has 5 nitrogen and oxygen atoms in total. The topological polar surface area (TPSA) is 54.5 Å². The number of rotatable bonds is 8. The van der Waals surface area contributed by atoms with Crippen LogP contribution in [-0.2, 0) is 16.1 Å². The number of carbonyl (C=O) groups excluding carboxylic acids is 1. The van der Waals surface area contributed by atoms with Crippen molar-refractivity contribution < 1.29 is 9.53 Å². The van der Waals surface area contributed by atoms with Crippen molar-refractivity contribution in [3.8, 4) is 0 Å². The minimum Gasteiger partial charge on any atom is -0.460 e. The van der Waals surface area contributed by atoms with Gasteiger partial charge >= 0.3 is 5.97 Å². The van der Waals surface area contributed by atoms with Gasteiger partial charge in [-0.1, -0.05) is 55.7 Å². The first-order chi connectivity index (χ1) is 15.6. The average molecular weight is 436 g/mol. The number of likely N-dealkylation sites (tertiary alicyclic amines) is 1. The second-order valence-corrected chi connectivity index (χ2v) is 9.63. The number of anilines is 1. The molecule has 4 rings (SSSR count). The van der Waals surface area contributed by atoms with Crippen LogP contribution < -0.4 is 5.32 Å². The molecule has 172 valence electrons. The molecule has 0 spiro atoms. The van der Waals surface area contributed by atoms with E-state index in [1.54, 1.807) is 0 Å². The molecule has 1 aromatic heterocycles. The van der Waals surface area contributed by atoms with E-state index >= 15 is 0 Å². The first-order valence-electron chi connectivity index (χ1n) is 12.3. The Balaban J connectivity index is 1.26. The molecule has 2 heterocycles. The van der Waals surface area contributed by atoms with Gasteiger partial charge in [-0.25, -0.2) is 4.98 Å². The summed E-state index contributed by atoms with van der Waals surface area (Å²) >= 11 is 0. The van der Waals surface area contributed by atoms with E-state index in [9.17, 15) is 4.79 Å². The number of esters is 1. The van der Waals surface area contributed by atoms with E-state index in [0.717, 1.165) is 76.0 Å². The predicted molar refractivity (Wildman–Crippen MR) is 128 cm³/mol. The smallest absolute Gasteiger partial charge is 0.312 e. The molecule has 1 aliphatic carbocycles. The van der Waals surface area contributed by atoms with Crippen molar-refractivity contribution in [3.05, 3.63) is 59.8 Å². The highest BCUT2D eigenvalue weighted by molar-refractivity contribution is 5.77. The third-order valence-corrected chi connectivity index (χ3v) is 7.21. The zero-order chi connectivity index (χ0) is 22.2. The molecule has 1 aliphatic heterocycles. The molecule has 2 aliphatic rings. The van der Waals surface area contributed by atoms with E-state index in [1.807, 2.05) is 36.5 Å². The van der Waals surface area contributed by atoms with Gasteiger partial charge in [-0.3, -0.25) is 4.79 Å². The lowest BCUT2D eigenvalue weighted by Crippen LogP contribution is -2.43. The highest BCUT2D eigenvalue weighted by atomic mass is 16.5. The van der Waals surface area contributed by atoms with Gasteiger partial charge in [-0.15, -0.1) is 0 Å². The van der Waals surface area contributed by atoms with Gasteiger partial charge in [0.1, 0.15) is 12.4 Å². The van der Waals surface area contributed by atoms with Gasteiger partial charge in [0.15, 0.2) is 0 Å². The summed E-state index contributed by atoms with van der Waals surface area (Å²) < 4.78 is 5.83. The fourth-order valence-corrected chi connectivity index (χ4v) is 5.10. The number of benzene rings is 1. The highest BCUT2D eigenvalue weighted by Crippen LogP contribution is 2.41. The summed E-state index contributed by atoms with van der Waals surface area (Å²) in [4.78, 5) is 20.2. The van der Waals surface area contributed by atoms with Crippen LogP contribution in [-0.4, -0.2) is 41.5 Å². The van der Waals surface area contributed by atoms with E-state index in [-0.39, 0.29) is 11.4 Å². The maximum absolute atomic E-state index is 13.2. The monoisotopic (exact) mass is 435 g/mol. The van der Waals surface area contributed by atoms with Gasteiger partial charge in [0, 0.05) is 25.3 Å². The van der Waals surface area contributed by atoms with Gasteiger partial charge < -0.3 is 15.0 Å². The molecule has 5 heteroatoms. The fourth-order valence-electron chi connectivity index (χ4n) is 5.10. The maximum Gasteiger partial charge on any atom is 0.312 e. The van der Waals surface area contributed by atoms with Crippen LogP contribution in [0, 0.1) is 12.3 Å². The van der Waals surface area contributed by atoms with Crippen LogP contribution in [0.2, 0.25) is 0 Å². The number of piperidine rings is 1. The van der Waals surface area contributed by atoms with E-state index < -0.39 is 0 Å². The third-order valence-electron chi connectivity index (χ3n) is 7.21. The summed E-state index contributed by atoms with van der Waals surface area (Å²) in [6, 6.07) is 14.7. The second-order valence-electron chi connectivity index (χ2n) is 9.63. The fraction of sp³-hybridized carbons (Fsp3) is 0.556. The normalized spacial score (nSPS) is 19.4. The summed E-state index contributed by atoms with van der Waals surface area (Å²) in [7, 11) is 0. The average Bonchev–Trinajstić information content (AvgIpc) is 2.85. The minimum atomic E-state index is -0.298. The molecule has 32 heavy (non-hydrogen) atoms. The number of nitrogens with zero attached hydrogens (tertiary/aromatic N) is 2. The lowest BCUT2D eigenvalue weighted by atomic mass is 9.71. The molecular weight excluding hydrogens is 398 g/mol. The largest absolute Gasteiger partial charge is 0.460 e. The molecule has 1 saturated carbocycles. The number of carbonyl (C=O) groups is 1. The van der Waals surface area contributed by atoms with E-state index in [1.165, 1.54) is 12.0 Å². The zero-order valence-electron chi connectivity index (χ0n) is 19.4. The Hall–Kier alpha value is -2.40. The number of aromatic nitrogens is 1. The van der Waals surface area contributed by atoms with Crippen LogP contribution in [0.1, 0.15) is 62.5 Å². The van der Waals surface area contributed by atoms with Crippen molar-refractivity contribution in [3.63, 3.8) is 0 Å². The second kappa shape index (κ2) is 11.0. The maximum atomic E-state index is 13.2. The summed E-state index contributed by atoms with van der Waals surface area (Å²) in [6.45, 7) is 5.56. The number of hydrogen-bond acceptors (Lipinski definition) is 5. The molecule has 0 atom stereocenters. The molecule has 2 aromatic rings. The predicted octanol–water partition coefficient (Wildman–Crippen LogP) is 5.35. The molecular formula is C27H37N3O2. The molecule has 1 aromatic carbocycles. The minimum absolute atomic E-state index is 0.0167. The van der Waals surface area contributed by atoms with Gasteiger partial charge in [-0.05, 0) is 62.8 Å². The molecule has 1 N–H and O–H groups in total. The number of aryl methyl sites for hydroxylation is 1. The van der Waals surface area contributed by atoms with Crippen LogP contribution in [0.5, 0.6) is 0 Å². The van der Waals surface area contributed by atoms with Crippen LogP contribution in [0.15, 0.2) is 48.7 Å². The molecule has 0 bridgehead atoms. The number of pyridine rings is 1. The van der Waals surface area contributed by atoms with Gasteiger partial charge in [0.2, 0.25) is 0 Å². The number of nitrogens with one attached hydrogen (secondary N) is 1. The Kier molecular flexibility index (Phi) is 7.80. The van der Waals surface area contributed by atoms with Crippen LogP contribution in [0.4, 0.5) is 5.82 Å². The van der Waals surface area contributed by atoms with Gasteiger partial charge in [0.05, 0.1) is 5.41 Å². The van der Waals surface area contributed by atoms with Crippen molar-refractivity contribution in [2.75, 3.05) is 25.0 Å². The van der Waals surface area contributed by atoms with Gasteiger partial charge in [-0.2, -0.15) is 0 Å². The highest BCUT2D eigenvalue weighted by Gasteiger charge is 2.41. The van der Waals surface area contributed by atoms with Crippen LogP contribution in [0.3, 0.4) is 0 Å². The first-order valence-corrected chi connectivity index (χ1v) is 12.3. The summed E-state index contributed by atoms with van der Waals surface area (Å²) in [6.07, 6.45) is 10.5. The van der Waals surface area contributed by atoms with E-state index in [0.29, 0.717) is 12.6 Å². The van der Waals surface area contributed by atoms with Crippen molar-refractivity contribution >= 4 is 11.8 Å². The lowest BCUT2D eigenvalue weighted by molar-refractivity contribution is -0.160. The lowest BCUT2D eigenvalue weighted by Gasteiger charge is -2.38. The number of hydrogen-bond donors (Lipinski definition) is 1. The van der Waals surface area contributed by atoms with Gasteiger partial charge in [0.25, 0.3) is 0 Å². The van der Waals surface area contributed by atoms with Crippen LogP contribution in [0.25, 0.3) is 0 Å². The molecule has 0 unspecified atom stereocenters. The quantitative estimate of drug-likeness (QED) is 0.567. The first kappa shape index (κ1) is 22.8. The Morgan fingerprint density at radius 3 is 2.53 bits per heavy atom. The number of ether oxygens (including phenoxy) is 1. The third kappa shape index (κ3) is 6.10. The summed E-state index contributed by atoms with van der Waals surface area (Å²) in [5.41, 5.74) is 1.95. The van der Waals surface area contributed by atoms with Crippen molar-refractivity contribution in [1.82, 2.24) is 9.88 Å². The molecule has 1 saturated heterocycles. The summed E-state index contributed by atoms with van der Waals surface area (Å²) in [5, 5.41) is 3.58. The Labute approximate surface area is 192 Å². The van der Waals surface area contributed by atoms with Crippen LogP contribution >= 0.6 is 0 Å². The Bertz CT molecular complexity index is 839. The molecule has 0 radical (unpaired) electrons. The Morgan fingerprint density at radius 1 is 1.09 bits per heavy atom. The summed E-state index contributed by atoms with van der Waals surface area (Å²) in [5.74, 6) is 0.986.